The summed E-state index contributed by atoms with van der Waals surface area (Å²) in [5.41, 5.74) is 1.97. The van der Waals surface area contributed by atoms with Crippen molar-refractivity contribution in [3.8, 4) is 5.75 Å². The molecule has 0 saturated carbocycles. The number of ether oxygens (including phenoxy) is 1. The van der Waals surface area contributed by atoms with Crippen LogP contribution in [-0.2, 0) is 13.1 Å². The summed E-state index contributed by atoms with van der Waals surface area (Å²) in [6.07, 6.45) is 1.95. The standard InChI is InChI=1S/C14H17N3O3/c1-15-9-13-4-3-7-16(13)10-11-8-12(17(18)19)5-6-14(11)20-2/h3-8,15H,9-10H2,1-2H3. The third-order valence-electron chi connectivity index (χ3n) is 3.10. The molecule has 20 heavy (non-hydrogen) atoms. The highest BCUT2D eigenvalue weighted by Gasteiger charge is 2.12. The average molecular weight is 275 g/mol. The van der Waals surface area contributed by atoms with Gasteiger partial charge in [-0.15, -0.1) is 0 Å². The van der Waals surface area contributed by atoms with Crippen LogP contribution in [0, 0.1) is 10.1 Å². The molecule has 0 radical (unpaired) electrons. The first kappa shape index (κ1) is 14.1. The van der Waals surface area contributed by atoms with E-state index in [-0.39, 0.29) is 5.69 Å². The number of aromatic nitrogens is 1. The number of nitro groups is 1. The third kappa shape index (κ3) is 2.97. The minimum absolute atomic E-state index is 0.0723. The van der Waals surface area contributed by atoms with Crippen molar-refractivity contribution >= 4 is 5.69 Å². The molecule has 2 aromatic rings. The van der Waals surface area contributed by atoms with Crippen LogP contribution in [0.25, 0.3) is 0 Å². The summed E-state index contributed by atoms with van der Waals surface area (Å²) in [6.45, 7) is 1.28. The second-order valence-electron chi connectivity index (χ2n) is 4.41. The Bertz CT molecular complexity index is 607. The molecule has 106 valence electrons. The summed E-state index contributed by atoms with van der Waals surface area (Å²) in [6, 6.07) is 8.61. The highest BCUT2D eigenvalue weighted by Crippen LogP contribution is 2.25. The van der Waals surface area contributed by atoms with Gasteiger partial charge in [-0.1, -0.05) is 0 Å². The Hall–Kier alpha value is -2.34. The fourth-order valence-electron chi connectivity index (χ4n) is 2.13. The number of methoxy groups -OCH3 is 1. The van der Waals surface area contributed by atoms with Gasteiger partial charge in [-0.2, -0.15) is 0 Å². The summed E-state index contributed by atoms with van der Waals surface area (Å²) in [5, 5.41) is 14.0. The van der Waals surface area contributed by atoms with Gasteiger partial charge in [0.25, 0.3) is 5.69 Å². The van der Waals surface area contributed by atoms with E-state index in [4.69, 9.17) is 4.74 Å². The van der Waals surface area contributed by atoms with E-state index >= 15 is 0 Å². The van der Waals surface area contributed by atoms with Crippen molar-refractivity contribution in [3.63, 3.8) is 0 Å². The van der Waals surface area contributed by atoms with Crippen LogP contribution in [-0.4, -0.2) is 23.6 Å². The predicted molar refractivity (Wildman–Crippen MR) is 75.9 cm³/mol. The summed E-state index contributed by atoms with van der Waals surface area (Å²) < 4.78 is 7.32. The molecule has 0 amide bonds. The van der Waals surface area contributed by atoms with E-state index in [9.17, 15) is 10.1 Å². The van der Waals surface area contributed by atoms with E-state index in [0.29, 0.717) is 12.3 Å². The minimum atomic E-state index is -0.396. The lowest BCUT2D eigenvalue weighted by atomic mass is 10.1. The van der Waals surface area contributed by atoms with E-state index in [1.165, 1.54) is 6.07 Å². The summed E-state index contributed by atoms with van der Waals surface area (Å²) >= 11 is 0. The number of non-ortho nitro benzene ring substituents is 1. The summed E-state index contributed by atoms with van der Waals surface area (Å²) in [7, 11) is 3.44. The maximum Gasteiger partial charge on any atom is 0.270 e. The van der Waals surface area contributed by atoms with E-state index < -0.39 is 4.92 Å². The van der Waals surface area contributed by atoms with Crippen LogP contribution in [0.5, 0.6) is 5.75 Å². The Morgan fingerprint density at radius 1 is 1.40 bits per heavy atom. The Morgan fingerprint density at radius 3 is 2.85 bits per heavy atom. The third-order valence-corrected chi connectivity index (χ3v) is 3.10. The van der Waals surface area contributed by atoms with Crippen LogP contribution < -0.4 is 10.1 Å². The Morgan fingerprint density at radius 2 is 2.20 bits per heavy atom. The van der Waals surface area contributed by atoms with E-state index in [1.54, 1.807) is 19.2 Å². The lowest BCUT2D eigenvalue weighted by molar-refractivity contribution is -0.384. The number of hydrogen-bond acceptors (Lipinski definition) is 4. The van der Waals surface area contributed by atoms with Crippen LogP contribution in [0.3, 0.4) is 0 Å². The lowest BCUT2D eigenvalue weighted by Crippen LogP contribution is -2.12. The number of rotatable bonds is 6. The zero-order valence-corrected chi connectivity index (χ0v) is 11.5. The van der Waals surface area contributed by atoms with E-state index in [2.05, 4.69) is 5.32 Å². The molecule has 1 aromatic carbocycles. The zero-order valence-electron chi connectivity index (χ0n) is 11.5. The molecule has 0 unspecified atom stereocenters. The summed E-state index contributed by atoms with van der Waals surface area (Å²) in [4.78, 5) is 10.5. The van der Waals surface area contributed by atoms with Crippen LogP contribution in [0.1, 0.15) is 11.3 Å². The van der Waals surface area contributed by atoms with Gasteiger partial charge in [0.1, 0.15) is 5.75 Å². The average Bonchev–Trinajstić information content (AvgIpc) is 2.86. The van der Waals surface area contributed by atoms with Gasteiger partial charge in [-0.05, 0) is 25.2 Å². The second-order valence-corrected chi connectivity index (χ2v) is 4.41. The zero-order chi connectivity index (χ0) is 14.5. The summed E-state index contributed by atoms with van der Waals surface area (Å²) in [5.74, 6) is 0.653. The molecule has 0 atom stereocenters. The number of nitro benzene ring substituents is 1. The monoisotopic (exact) mass is 275 g/mol. The molecule has 0 fully saturated rings. The van der Waals surface area contributed by atoms with Crippen molar-refractivity contribution in [2.75, 3.05) is 14.2 Å². The molecule has 0 aliphatic rings. The molecule has 1 heterocycles. The highest BCUT2D eigenvalue weighted by atomic mass is 16.6. The van der Waals surface area contributed by atoms with E-state index in [0.717, 1.165) is 17.8 Å². The van der Waals surface area contributed by atoms with Crippen LogP contribution in [0.4, 0.5) is 5.69 Å². The normalized spacial score (nSPS) is 10.5. The van der Waals surface area contributed by atoms with Gasteiger partial charge in [-0.25, -0.2) is 0 Å². The molecule has 1 aromatic heterocycles. The van der Waals surface area contributed by atoms with Crippen LogP contribution >= 0.6 is 0 Å². The van der Waals surface area contributed by atoms with Gasteiger partial charge < -0.3 is 14.6 Å². The molecule has 0 bridgehead atoms. The molecule has 0 saturated heterocycles. The Labute approximate surface area is 117 Å². The van der Waals surface area contributed by atoms with Crippen LogP contribution in [0.15, 0.2) is 36.5 Å². The Kier molecular flexibility index (Phi) is 4.37. The first-order valence-corrected chi connectivity index (χ1v) is 6.25. The molecule has 0 spiro atoms. The van der Waals surface area contributed by atoms with Gasteiger partial charge in [-0.3, -0.25) is 10.1 Å². The quantitative estimate of drug-likeness (QED) is 0.648. The fourth-order valence-corrected chi connectivity index (χ4v) is 2.13. The van der Waals surface area contributed by atoms with Gasteiger partial charge in [0, 0.05) is 36.1 Å². The largest absolute Gasteiger partial charge is 0.496 e. The van der Waals surface area contributed by atoms with Crippen LogP contribution in [0.2, 0.25) is 0 Å². The van der Waals surface area contributed by atoms with Crippen molar-refractivity contribution in [3.05, 3.63) is 57.9 Å². The first-order chi connectivity index (χ1) is 9.65. The first-order valence-electron chi connectivity index (χ1n) is 6.25. The van der Waals surface area contributed by atoms with Crippen molar-refractivity contribution in [2.45, 2.75) is 13.1 Å². The smallest absolute Gasteiger partial charge is 0.270 e. The topological polar surface area (TPSA) is 69.3 Å². The fraction of sp³-hybridized carbons (Fsp3) is 0.286. The lowest BCUT2D eigenvalue weighted by Gasteiger charge is -2.12. The molecule has 0 aliphatic heterocycles. The number of nitrogens with one attached hydrogen (secondary N) is 1. The molecular formula is C14H17N3O3. The van der Waals surface area contributed by atoms with Gasteiger partial charge in [0.15, 0.2) is 0 Å². The predicted octanol–water partition coefficient (Wildman–Crippen LogP) is 2.17. The minimum Gasteiger partial charge on any atom is -0.496 e. The molecular weight excluding hydrogens is 258 g/mol. The highest BCUT2D eigenvalue weighted by molar-refractivity contribution is 5.44. The molecule has 0 aliphatic carbocycles. The molecule has 2 rings (SSSR count). The molecule has 6 heteroatoms. The SMILES string of the molecule is CNCc1cccn1Cc1cc([N+](=O)[O-])ccc1OC. The van der Waals surface area contributed by atoms with Crippen molar-refractivity contribution in [2.24, 2.45) is 0 Å². The van der Waals surface area contributed by atoms with Crippen molar-refractivity contribution < 1.29 is 9.66 Å². The molecule has 1 N–H and O–H groups in total. The molecule has 6 nitrogen and oxygen atoms in total. The number of nitrogens with zero attached hydrogens (tertiary/aromatic N) is 2. The van der Waals surface area contributed by atoms with E-state index in [1.807, 2.05) is 29.9 Å². The van der Waals surface area contributed by atoms with Crippen molar-refractivity contribution in [1.29, 1.82) is 0 Å². The maximum atomic E-state index is 10.9. The number of hydrogen-bond donors (Lipinski definition) is 1. The van der Waals surface area contributed by atoms with Gasteiger partial charge in [0.05, 0.1) is 18.6 Å². The van der Waals surface area contributed by atoms with Crippen molar-refractivity contribution in [1.82, 2.24) is 9.88 Å². The maximum absolute atomic E-state index is 10.9. The second kappa shape index (κ2) is 6.21. The van der Waals surface area contributed by atoms with Gasteiger partial charge >= 0.3 is 0 Å². The Balaban J connectivity index is 2.33. The number of benzene rings is 1. The van der Waals surface area contributed by atoms with Gasteiger partial charge in [0.2, 0.25) is 0 Å².